The van der Waals surface area contributed by atoms with E-state index in [1.54, 1.807) is 12.1 Å². The molecular formula is C65H59F3. The molecule has 7 aromatic rings. The molecule has 340 valence electrons. The standard InChI is InChI=1S/C65H59F3/c1-10-48(49(11-2)41(8)45-29-33-54-50-20-16-18-22-56(50)63(12-3,13-4)60(54)37-45)40(7)44-28-32-52-53-34-30-46(38-59(53)62(9,58(52)36-44)65(66,67)68)42-24-26-43(27-25-42)47-31-35-55-51-21-17-19-23-57(51)64(14-5,15-6)61(55)39-47/h10-11,16-39H,1-2,12-15H2,3-9H3/b48-40+,49-41+. The van der Waals surface area contributed by atoms with Gasteiger partial charge in [-0.25, -0.2) is 0 Å². The van der Waals surface area contributed by atoms with Crippen LogP contribution in [0.3, 0.4) is 0 Å². The van der Waals surface area contributed by atoms with Gasteiger partial charge in [0.15, 0.2) is 0 Å². The summed E-state index contributed by atoms with van der Waals surface area (Å²) in [7, 11) is 0. The summed E-state index contributed by atoms with van der Waals surface area (Å²) in [6.07, 6.45) is 3.12. The van der Waals surface area contributed by atoms with Crippen LogP contribution in [0.5, 0.6) is 0 Å². The van der Waals surface area contributed by atoms with Gasteiger partial charge < -0.3 is 0 Å². The Balaban J connectivity index is 0.992. The minimum atomic E-state index is -4.56. The van der Waals surface area contributed by atoms with Crippen molar-refractivity contribution in [2.45, 2.75) is 96.6 Å². The lowest BCUT2D eigenvalue weighted by Gasteiger charge is -2.31. The van der Waals surface area contributed by atoms with Crippen molar-refractivity contribution in [1.29, 1.82) is 0 Å². The average molecular weight is 897 g/mol. The van der Waals surface area contributed by atoms with E-state index < -0.39 is 11.6 Å². The van der Waals surface area contributed by atoms with E-state index in [-0.39, 0.29) is 22.0 Å². The van der Waals surface area contributed by atoms with E-state index in [1.165, 1.54) is 51.4 Å². The molecule has 0 fully saturated rings. The first-order valence-electron chi connectivity index (χ1n) is 24.4. The predicted molar refractivity (Wildman–Crippen MR) is 281 cm³/mol. The van der Waals surface area contributed by atoms with Gasteiger partial charge in [0, 0.05) is 10.8 Å². The molecule has 7 aromatic carbocycles. The third-order valence-corrected chi connectivity index (χ3v) is 16.8. The molecule has 3 aliphatic rings. The van der Waals surface area contributed by atoms with Crippen LogP contribution < -0.4 is 0 Å². The fourth-order valence-electron chi connectivity index (χ4n) is 12.7. The maximum absolute atomic E-state index is 15.8. The Labute approximate surface area is 401 Å². The predicted octanol–water partition coefficient (Wildman–Crippen LogP) is 18.7. The Morgan fingerprint density at radius 2 is 0.750 bits per heavy atom. The molecular weight excluding hydrogens is 838 g/mol. The highest BCUT2D eigenvalue weighted by Gasteiger charge is 2.58. The maximum atomic E-state index is 15.8. The number of allylic oxidation sites excluding steroid dienone is 6. The summed E-state index contributed by atoms with van der Waals surface area (Å²) in [4.78, 5) is 0. The van der Waals surface area contributed by atoms with E-state index in [0.29, 0.717) is 11.1 Å². The first-order valence-corrected chi connectivity index (χ1v) is 24.4. The Morgan fingerprint density at radius 1 is 0.426 bits per heavy atom. The second-order valence-corrected chi connectivity index (χ2v) is 19.4. The zero-order valence-corrected chi connectivity index (χ0v) is 40.4. The second kappa shape index (κ2) is 16.5. The number of hydrogen-bond acceptors (Lipinski definition) is 0. The molecule has 1 atom stereocenters. The van der Waals surface area contributed by atoms with Crippen LogP contribution in [0.15, 0.2) is 182 Å². The minimum Gasteiger partial charge on any atom is -0.170 e. The van der Waals surface area contributed by atoms with E-state index in [1.807, 2.05) is 55.5 Å². The van der Waals surface area contributed by atoms with Crippen LogP contribution in [0.25, 0.3) is 66.8 Å². The van der Waals surface area contributed by atoms with E-state index in [9.17, 15) is 0 Å². The minimum absolute atomic E-state index is 0.0302. The molecule has 0 saturated carbocycles. The fourth-order valence-corrected chi connectivity index (χ4v) is 12.7. The lowest BCUT2D eigenvalue weighted by Crippen LogP contribution is -2.38. The highest BCUT2D eigenvalue weighted by molar-refractivity contribution is 5.90. The van der Waals surface area contributed by atoms with E-state index in [0.717, 1.165) is 81.4 Å². The molecule has 3 heteroatoms. The van der Waals surface area contributed by atoms with Crippen LogP contribution in [-0.2, 0) is 16.2 Å². The van der Waals surface area contributed by atoms with Crippen molar-refractivity contribution in [2.75, 3.05) is 0 Å². The Hall–Kier alpha value is -6.71. The summed E-state index contributed by atoms with van der Waals surface area (Å²) in [6.45, 7) is 23.0. The number of alkyl halides is 3. The van der Waals surface area contributed by atoms with Gasteiger partial charge in [0.1, 0.15) is 5.41 Å². The van der Waals surface area contributed by atoms with Gasteiger partial charge in [-0.05, 0) is 193 Å². The topological polar surface area (TPSA) is 0 Å². The van der Waals surface area contributed by atoms with Crippen LogP contribution in [0.1, 0.15) is 119 Å². The summed E-state index contributed by atoms with van der Waals surface area (Å²) in [5.41, 5.74) is 19.4. The summed E-state index contributed by atoms with van der Waals surface area (Å²) in [5, 5.41) is 0. The molecule has 0 radical (unpaired) electrons. The number of fused-ring (bicyclic) bond motifs is 9. The van der Waals surface area contributed by atoms with Gasteiger partial charge in [-0.15, -0.1) is 0 Å². The highest BCUT2D eigenvalue weighted by Crippen LogP contribution is 2.58. The highest BCUT2D eigenvalue weighted by atomic mass is 19.4. The first kappa shape index (κ1) is 45.1. The van der Waals surface area contributed by atoms with Gasteiger partial charge in [-0.2, -0.15) is 13.2 Å². The van der Waals surface area contributed by atoms with Gasteiger partial charge in [0.2, 0.25) is 0 Å². The van der Waals surface area contributed by atoms with Gasteiger partial charge in [-0.1, -0.05) is 174 Å². The van der Waals surface area contributed by atoms with E-state index >= 15 is 13.2 Å². The van der Waals surface area contributed by atoms with Crippen LogP contribution in [0.4, 0.5) is 13.2 Å². The molecule has 0 heterocycles. The normalized spacial score (nSPS) is 17.5. The summed E-state index contributed by atoms with van der Waals surface area (Å²) in [6, 6.07) is 50.6. The van der Waals surface area contributed by atoms with Crippen LogP contribution in [0.2, 0.25) is 0 Å². The molecule has 0 amide bonds. The lowest BCUT2D eigenvalue weighted by atomic mass is 9.73. The molecule has 0 nitrogen and oxygen atoms in total. The molecule has 0 spiro atoms. The van der Waals surface area contributed by atoms with E-state index in [2.05, 4.69) is 145 Å². The Kier molecular flexibility index (Phi) is 10.9. The monoisotopic (exact) mass is 896 g/mol. The molecule has 68 heavy (non-hydrogen) atoms. The zero-order valence-electron chi connectivity index (χ0n) is 40.4. The summed E-state index contributed by atoms with van der Waals surface area (Å²) in [5.74, 6) is 0. The molecule has 0 saturated heterocycles. The quantitative estimate of drug-likeness (QED) is 0.114. The third kappa shape index (κ3) is 6.34. The van der Waals surface area contributed by atoms with Crippen LogP contribution in [0, 0.1) is 0 Å². The van der Waals surface area contributed by atoms with Crippen molar-refractivity contribution >= 4 is 11.1 Å². The maximum Gasteiger partial charge on any atom is 0.402 e. The van der Waals surface area contributed by atoms with Gasteiger partial charge in [0.25, 0.3) is 0 Å². The zero-order chi connectivity index (χ0) is 47.9. The summed E-state index contributed by atoms with van der Waals surface area (Å²) < 4.78 is 47.5. The lowest BCUT2D eigenvalue weighted by molar-refractivity contribution is -0.172. The largest absolute Gasteiger partial charge is 0.402 e. The second-order valence-electron chi connectivity index (χ2n) is 19.4. The summed E-state index contributed by atoms with van der Waals surface area (Å²) >= 11 is 0. The fraction of sp³-hybridized carbons (Fsp3) is 0.231. The molecule has 0 aliphatic heterocycles. The number of benzene rings is 7. The van der Waals surface area contributed by atoms with Crippen molar-refractivity contribution in [1.82, 2.24) is 0 Å². The van der Waals surface area contributed by atoms with Crippen molar-refractivity contribution in [3.05, 3.63) is 227 Å². The molecule has 0 N–H and O–H groups in total. The Morgan fingerprint density at radius 3 is 1.16 bits per heavy atom. The molecule has 10 rings (SSSR count). The molecule has 0 bridgehead atoms. The number of rotatable bonds is 11. The van der Waals surface area contributed by atoms with Crippen LogP contribution in [-0.4, -0.2) is 6.18 Å². The molecule has 0 aromatic heterocycles. The van der Waals surface area contributed by atoms with Crippen LogP contribution >= 0.6 is 0 Å². The smallest absolute Gasteiger partial charge is 0.170 e. The molecule has 3 aliphatic carbocycles. The van der Waals surface area contributed by atoms with Crippen molar-refractivity contribution in [2.24, 2.45) is 0 Å². The van der Waals surface area contributed by atoms with Crippen molar-refractivity contribution < 1.29 is 13.2 Å². The van der Waals surface area contributed by atoms with Gasteiger partial charge in [-0.3, -0.25) is 0 Å². The van der Waals surface area contributed by atoms with E-state index in [4.69, 9.17) is 0 Å². The third-order valence-electron chi connectivity index (χ3n) is 16.8. The van der Waals surface area contributed by atoms with Gasteiger partial charge >= 0.3 is 6.18 Å². The number of halogens is 3. The first-order chi connectivity index (χ1) is 32.7. The Bertz CT molecular complexity index is 3270. The van der Waals surface area contributed by atoms with Crippen molar-refractivity contribution in [3.63, 3.8) is 0 Å². The van der Waals surface area contributed by atoms with Crippen molar-refractivity contribution in [3.8, 4) is 55.6 Å². The average Bonchev–Trinajstić information content (AvgIpc) is 3.93. The number of hydrogen-bond donors (Lipinski definition) is 0. The SMILES string of the molecule is C=CC(/C(C=C)=C(\C)c1ccc2c(c1)C(C)(C(F)(F)F)c1cc(-c3ccc(-c4ccc5c(c4)C(CC)(CC)c4ccccc4-5)cc3)ccc1-2)=C(/C)c1ccc2c(c1)C(CC)(CC)c1ccccc1-2. The molecule has 1 unspecified atom stereocenters. The van der Waals surface area contributed by atoms with Gasteiger partial charge in [0.05, 0.1) is 0 Å².